The molecule has 0 spiro atoms. The number of hydrazone groups is 1. The molecule has 2 aromatic rings. The maximum absolute atomic E-state index is 14.0. The Kier molecular flexibility index (Phi) is 6.30. The van der Waals surface area contributed by atoms with Crippen LogP contribution in [0.15, 0.2) is 36.1 Å². The van der Waals surface area contributed by atoms with Crippen LogP contribution in [0.4, 0.5) is 10.1 Å². The van der Waals surface area contributed by atoms with Crippen molar-refractivity contribution >= 4 is 12.4 Å². The average molecular weight is 346 g/mol. The van der Waals surface area contributed by atoms with Gasteiger partial charge in [0, 0.05) is 25.1 Å². The number of benzene rings is 1. The molecule has 0 fully saturated rings. The first-order valence-electron chi connectivity index (χ1n) is 8.14. The zero-order valence-corrected chi connectivity index (χ0v) is 14.6. The van der Waals surface area contributed by atoms with Gasteiger partial charge in [-0.2, -0.15) is 10.2 Å². The number of hydrogen-bond donors (Lipinski definition) is 1. The van der Waals surface area contributed by atoms with Crippen molar-refractivity contribution in [2.45, 2.75) is 33.2 Å². The fourth-order valence-electron chi connectivity index (χ4n) is 2.61. The van der Waals surface area contributed by atoms with Gasteiger partial charge in [-0.05, 0) is 18.9 Å². The smallest absolute Gasteiger partial charge is 0.171 e. The van der Waals surface area contributed by atoms with E-state index in [0.29, 0.717) is 36.6 Å². The maximum atomic E-state index is 14.0. The Bertz CT molecular complexity index is 750. The molecule has 0 amide bonds. The molecule has 1 heterocycles. The summed E-state index contributed by atoms with van der Waals surface area (Å²) in [6.07, 6.45) is 2.77. The second-order valence-electron chi connectivity index (χ2n) is 5.29. The van der Waals surface area contributed by atoms with E-state index >= 15 is 0 Å². The zero-order chi connectivity index (χ0) is 18.4. The van der Waals surface area contributed by atoms with Gasteiger partial charge in [0.25, 0.3) is 0 Å². The summed E-state index contributed by atoms with van der Waals surface area (Å²) in [7, 11) is 0. The van der Waals surface area contributed by atoms with E-state index in [1.54, 1.807) is 10.7 Å². The molecule has 1 aromatic carbocycles. The number of ether oxygens (including phenoxy) is 1. The monoisotopic (exact) mass is 346 g/mol. The molecule has 0 atom stereocenters. The van der Waals surface area contributed by atoms with Crippen LogP contribution in [0.25, 0.3) is 0 Å². The van der Waals surface area contributed by atoms with E-state index in [0.717, 1.165) is 11.4 Å². The average Bonchev–Trinajstić information content (AvgIpc) is 2.92. The number of aryl methyl sites for hydroxylation is 1. The van der Waals surface area contributed by atoms with Gasteiger partial charge in [0.05, 0.1) is 24.5 Å². The second kappa shape index (κ2) is 8.43. The zero-order valence-electron chi connectivity index (χ0n) is 14.6. The third-order valence-corrected chi connectivity index (χ3v) is 3.72. The highest BCUT2D eigenvalue weighted by molar-refractivity contribution is 5.55. The Morgan fingerprint density at radius 2 is 2.12 bits per heavy atom. The molecule has 0 saturated carbocycles. The van der Waals surface area contributed by atoms with Crippen LogP contribution in [0.1, 0.15) is 25.2 Å². The van der Waals surface area contributed by atoms with E-state index in [1.165, 1.54) is 23.3 Å². The van der Waals surface area contributed by atoms with E-state index < -0.39 is 5.82 Å². The first kappa shape index (κ1) is 18.7. The first-order valence-corrected chi connectivity index (χ1v) is 8.14. The Morgan fingerprint density at radius 3 is 2.68 bits per heavy atom. The van der Waals surface area contributed by atoms with Crippen molar-refractivity contribution in [3.05, 3.63) is 48.2 Å². The molecule has 25 heavy (non-hydrogen) atoms. The topological polar surface area (TPSA) is 62.9 Å². The van der Waals surface area contributed by atoms with Gasteiger partial charge >= 0.3 is 0 Å². The van der Waals surface area contributed by atoms with Crippen molar-refractivity contribution in [2.75, 3.05) is 11.6 Å². The predicted molar refractivity (Wildman–Crippen MR) is 96.8 cm³/mol. The van der Waals surface area contributed by atoms with Crippen LogP contribution in [-0.4, -0.2) is 28.2 Å². The van der Waals surface area contributed by atoms with Crippen LogP contribution in [0.3, 0.4) is 0 Å². The predicted octanol–water partition coefficient (Wildman–Crippen LogP) is 3.50. The highest BCUT2D eigenvalue weighted by Gasteiger charge is 2.18. The molecule has 134 valence electrons. The van der Waals surface area contributed by atoms with Crippen molar-refractivity contribution in [1.29, 1.82) is 0 Å². The van der Waals surface area contributed by atoms with E-state index in [1.807, 2.05) is 13.8 Å². The lowest BCUT2D eigenvalue weighted by molar-refractivity contribution is 0.267. The van der Waals surface area contributed by atoms with Gasteiger partial charge in [-0.15, -0.1) is 0 Å². The Labute approximate surface area is 146 Å². The summed E-state index contributed by atoms with van der Waals surface area (Å²) >= 11 is 0. The van der Waals surface area contributed by atoms with Gasteiger partial charge in [0.1, 0.15) is 17.3 Å². The van der Waals surface area contributed by atoms with Gasteiger partial charge < -0.3 is 9.84 Å². The van der Waals surface area contributed by atoms with Gasteiger partial charge in [0.15, 0.2) is 5.75 Å². The highest BCUT2D eigenvalue weighted by atomic mass is 19.1. The molecular weight excluding hydrogens is 323 g/mol. The lowest BCUT2D eigenvalue weighted by atomic mass is 10.2. The Morgan fingerprint density at radius 1 is 1.36 bits per heavy atom. The largest absolute Gasteiger partial charge is 0.453 e. The Hall–Kier alpha value is -2.67. The second-order valence-corrected chi connectivity index (χ2v) is 5.29. The highest BCUT2D eigenvalue weighted by Crippen LogP contribution is 2.33. The summed E-state index contributed by atoms with van der Waals surface area (Å²) < 4.78 is 21.7. The summed E-state index contributed by atoms with van der Waals surface area (Å²) in [5.41, 5.74) is 2.08. The molecule has 1 aromatic heterocycles. The van der Waals surface area contributed by atoms with E-state index in [2.05, 4.69) is 23.5 Å². The molecule has 0 aliphatic heterocycles. The molecular formula is C18H23FN4O2. The standard InChI is InChI=1S/C18H23FN4O2/c1-5-16-18(17(6-2)23(21-16)8-9-24)25-15-11-13(19)10-14(12-15)22(7-3)20-4/h7,10-12,24H,3-6,8-9H2,1-2H3. The molecule has 0 radical (unpaired) electrons. The lowest BCUT2D eigenvalue weighted by Gasteiger charge is -2.15. The minimum Gasteiger partial charge on any atom is -0.453 e. The number of aliphatic hydroxyl groups is 1. The fraction of sp³-hybridized carbons (Fsp3) is 0.333. The summed E-state index contributed by atoms with van der Waals surface area (Å²) in [6.45, 7) is 11.4. The number of halogens is 1. The number of rotatable bonds is 9. The van der Waals surface area contributed by atoms with Crippen LogP contribution in [0, 0.1) is 5.82 Å². The van der Waals surface area contributed by atoms with E-state index in [-0.39, 0.29) is 6.61 Å². The molecule has 0 aliphatic carbocycles. The molecule has 0 unspecified atom stereocenters. The van der Waals surface area contributed by atoms with Crippen molar-refractivity contribution in [1.82, 2.24) is 9.78 Å². The third-order valence-electron chi connectivity index (χ3n) is 3.72. The van der Waals surface area contributed by atoms with Crippen molar-refractivity contribution in [3.63, 3.8) is 0 Å². The number of hydrogen-bond acceptors (Lipinski definition) is 5. The quantitative estimate of drug-likeness (QED) is 0.558. The summed E-state index contributed by atoms with van der Waals surface area (Å²) in [5.74, 6) is 0.479. The summed E-state index contributed by atoms with van der Waals surface area (Å²) in [4.78, 5) is 0. The van der Waals surface area contributed by atoms with Crippen LogP contribution in [0.2, 0.25) is 0 Å². The van der Waals surface area contributed by atoms with Crippen LogP contribution in [0.5, 0.6) is 11.5 Å². The molecule has 6 nitrogen and oxygen atoms in total. The lowest BCUT2D eigenvalue weighted by Crippen LogP contribution is -2.08. The van der Waals surface area contributed by atoms with Crippen molar-refractivity contribution in [3.8, 4) is 11.5 Å². The number of aliphatic hydroxyl groups excluding tert-OH is 1. The summed E-state index contributed by atoms with van der Waals surface area (Å²) in [6, 6.07) is 4.28. The van der Waals surface area contributed by atoms with E-state index in [4.69, 9.17) is 4.74 Å². The normalized spacial score (nSPS) is 10.6. The third kappa shape index (κ3) is 4.06. The van der Waals surface area contributed by atoms with Crippen molar-refractivity contribution < 1.29 is 14.2 Å². The minimum absolute atomic E-state index is 0.0132. The molecule has 0 saturated heterocycles. The molecule has 1 N–H and O–H groups in total. The fourth-order valence-corrected chi connectivity index (χ4v) is 2.61. The number of aromatic nitrogens is 2. The van der Waals surface area contributed by atoms with Gasteiger partial charge in [-0.3, -0.25) is 4.68 Å². The van der Waals surface area contributed by atoms with Crippen molar-refractivity contribution in [2.24, 2.45) is 5.10 Å². The number of anilines is 1. The summed E-state index contributed by atoms with van der Waals surface area (Å²) in [5, 5.41) is 18.8. The van der Waals surface area contributed by atoms with Gasteiger partial charge in [-0.1, -0.05) is 20.4 Å². The first-order chi connectivity index (χ1) is 12.1. The molecule has 2 rings (SSSR count). The number of nitrogens with zero attached hydrogens (tertiary/aromatic N) is 4. The maximum Gasteiger partial charge on any atom is 0.171 e. The van der Waals surface area contributed by atoms with Crippen LogP contribution >= 0.6 is 0 Å². The SMILES string of the molecule is C=CN(N=C)c1cc(F)cc(Oc2c(CC)nn(CCO)c2CC)c1. The Balaban J connectivity index is 2.45. The van der Waals surface area contributed by atoms with Crippen LogP contribution in [-0.2, 0) is 19.4 Å². The van der Waals surface area contributed by atoms with Gasteiger partial charge in [-0.25, -0.2) is 9.40 Å². The molecule has 7 heteroatoms. The van der Waals surface area contributed by atoms with E-state index in [9.17, 15) is 9.50 Å². The van der Waals surface area contributed by atoms with Crippen LogP contribution < -0.4 is 9.75 Å². The van der Waals surface area contributed by atoms with Gasteiger partial charge in [0.2, 0.25) is 0 Å². The minimum atomic E-state index is -0.457. The molecule has 0 aliphatic rings. The molecule has 0 bridgehead atoms.